The first-order valence-corrected chi connectivity index (χ1v) is 6.90. The molecule has 3 aromatic rings. The van der Waals surface area contributed by atoms with Crippen LogP contribution >= 0.6 is 0 Å². The second-order valence-corrected chi connectivity index (χ2v) is 4.81. The normalized spacial score (nSPS) is 10.4. The van der Waals surface area contributed by atoms with Crippen molar-refractivity contribution in [3.8, 4) is 11.4 Å². The monoisotopic (exact) mass is 293 g/mol. The lowest BCUT2D eigenvalue weighted by Crippen LogP contribution is -2.23. The van der Waals surface area contributed by atoms with Crippen molar-refractivity contribution in [2.75, 3.05) is 0 Å². The highest BCUT2D eigenvalue weighted by Crippen LogP contribution is 2.18. The van der Waals surface area contributed by atoms with Crippen LogP contribution < -0.4 is 5.32 Å². The number of benzene rings is 2. The van der Waals surface area contributed by atoms with E-state index in [0.29, 0.717) is 6.54 Å². The van der Waals surface area contributed by atoms with E-state index in [9.17, 15) is 9.90 Å². The van der Waals surface area contributed by atoms with Gasteiger partial charge in [-0.05, 0) is 17.7 Å². The molecule has 0 unspecified atom stereocenters. The minimum Gasteiger partial charge on any atom is -0.504 e. The zero-order valence-corrected chi connectivity index (χ0v) is 11.8. The van der Waals surface area contributed by atoms with E-state index >= 15 is 0 Å². The van der Waals surface area contributed by atoms with Crippen LogP contribution in [-0.2, 0) is 6.54 Å². The molecule has 2 N–H and O–H groups in total. The van der Waals surface area contributed by atoms with Crippen molar-refractivity contribution in [2.24, 2.45) is 0 Å². The third-order valence-corrected chi connectivity index (χ3v) is 3.23. The molecule has 22 heavy (non-hydrogen) atoms. The van der Waals surface area contributed by atoms with Crippen molar-refractivity contribution < 1.29 is 9.90 Å². The summed E-state index contributed by atoms with van der Waals surface area (Å²) in [5, 5.41) is 16.8. The van der Waals surface area contributed by atoms with E-state index in [1.165, 1.54) is 10.9 Å². The highest BCUT2D eigenvalue weighted by atomic mass is 16.3. The quantitative estimate of drug-likeness (QED) is 0.776. The van der Waals surface area contributed by atoms with Crippen LogP contribution in [0.2, 0.25) is 0 Å². The first-order valence-electron chi connectivity index (χ1n) is 6.90. The van der Waals surface area contributed by atoms with E-state index in [1.54, 1.807) is 0 Å². The Balaban J connectivity index is 1.74. The smallest absolute Gasteiger partial charge is 0.275 e. The van der Waals surface area contributed by atoms with Crippen molar-refractivity contribution in [3.05, 3.63) is 78.1 Å². The molecule has 0 saturated carbocycles. The molecule has 0 aliphatic rings. The standard InChI is InChI=1S/C17H15N3O2/c21-15-12-20(14-9-5-2-6-10-14)19-16(15)17(22)18-11-13-7-3-1-4-8-13/h1-10,12,21H,11H2,(H,18,22). The molecule has 0 radical (unpaired) electrons. The van der Waals surface area contributed by atoms with Crippen LogP contribution in [-0.4, -0.2) is 20.8 Å². The summed E-state index contributed by atoms with van der Waals surface area (Å²) in [6.45, 7) is 0.386. The van der Waals surface area contributed by atoms with E-state index in [2.05, 4.69) is 10.4 Å². The van der Waals surface area contributed by atoms with Gasteiger partial charge in [0.15, 0.2) is 11.4 Å². The van der Waals surface area contributed by atoms with Crippen molar-refractivity contribution >= 4 is 5.91 Å². The molecular formula is C17H15N3O2. The highest BCUT2D eigenvalue weighted by molar-refractivity contribution is 5.94. The van der Waals surface area contributed by atoms with Gasteiger partial charge in [-0.2, -0.15) is 5.10 Å². The Kier molecular flexibility index (Phi) is 3.87. The number of aromatic hydroxyl groups is 1. The summed E-state index contributed by atoms with van der Waals surface area (Å²) in [7, 11) is 0. The lowest BCUT2D eigenvalue weighted by molar-refractivity contribution is 0.0943. The summed E-state index contributed by atoms with van der Waals surface area (Å²) >= 11 is 0. The highest BCUT2D eigenvalue weighted by Gasteiger charge is 2.16. The molecule has 0 atom stereocenters. The Morgan fingerprint density at radius 1 is 1.05 bits per heavy atom. The molecule has 0 aliphatic carbocycles. The number of carbonyl (C=O) groups is 1. The number of para-hydroxylation sites is 1. The summed E-state index contributed by atoms with van der Waals surface area (Å²) in [5.74, 6) is -0.551. The van der Waals surface area contributed by atoms with Crippen molar-refractivity contribution in [1.29, 1.82) is 0 Å². The maximum absolute atomic E-state index is 12.1. The first-order chi connectivity index (χ1) is 10.7. The average Bonchev–Trinajstić information content (AvgIpc) is 2.96. The average molecular weight is 293 g/mol. The first kappa shape index (κ1) is 13.9. The van der Waals surface area contributed by atoms with Crippen LogP contribution in [0.1, 0.15) is 16.1 Å². The predicted molar refractivity (Wildman–Crippen MR) is 82.8 cm³/mol. The third-order valence-electron chi connectivity index (χ3n) is 3.23. The van der Waals surface area contributed by atoms with E-state index in [-0.39, 0.29) is 11.4 Å². The molecular weight excluding hydrogens is 278 g/mol. The number of hydrogen-bond acceptors (Lipinski definition) is 3. The van der Waals surface area contributed by atoms with Gasteiger partial charge < -0.3 is 10.4 Å². The fraction of sp³-hybridized carbons (Fsp3) is 0.0588. The topological polar surface area (TPSA) is 67.2 Å². The van der Waals surface area contributed by atoms with Crippen LogP contribution in [0.25, 0.3) is 5.69 Å². The predicted octanol–water partition coefficient (Wildman–Crippen LogP) is 2.51. The summed E-state index contributed by atoms with van der Waals surface area (Å²) in [6.07, 6.45) is 1.42. The SMILES string of the molecule is O=C(NCc1ccccc1)c1nn(-c2ccccc2)cc1O. The molecule has 0 spiro atoms. The lowest BCUT2D eigenvalue weighted by Gasteiger charge is -2.03. The third kappa shape index (κ3) is 2.98. The number of nitrogens with zero attached hydrogens (tertiary/aromatic N) is 2. The molecule has 1 amide bonds. The number of carbonyl (C=O) groups excluding carboxylic acids is 1. The number of rotatable bonds is 4. The minimum absolute atomic E-state index is 0.0137. The van der Waals surface area contributed by atoms with Crippen LogP contribution in [0.4, 0.5) is 0 Å². The molecule has 3 rings (SSSR count). The number of hydrogen-bond donors (Lipinski definition) is 2. The molecule has 5 nitrogen and oxygen atoms in total. The molecule has 1 heterocycles. The summed E-state index contributed by atoms with van der Waals surface area (Å²) in [4.78, 5) is 12.1. The zero-order valence-electron chi connectivity index (χ0n) is 11.8. The summed E-state index contributed by atoms with van der Waals surface area (Å²) < 4.78 is 1.48. The van der Waals surface area contributed by atoms with Gasteiger partial charge in [-0.3, -0.25) is 4.79 Å². The Morgan fingerprint density at radius 2 is 1.68 bits per heavy atom. The fourth-order valence-electron chi connectivity index (χ4n) is 2.10. The van der Waals surface area contributed by atoms with Gasteiger partial charge in [-0.1, -0.05) is 48.5 Å². The van der Waals surface area contributed by atoms with Crippen LogP contribution in [0, 0.1) is 0 Å². The van der Waals surface area contributed by atoms with Crippen molar-refractivity contribution in [3.63, 3.8) is 0 Å². The number of aromatic nitrogens is 2. The Labute approximate surface area is 127 Å². The van der Waals surface area contributed by atoms with Gasteiger partial charge in [-0.25, -0.2) is 4.68 Å². The van der Waals surface area contributed by atoms with Crippen molar-refractivity contribution in [1.82, 2.24) is 15.1 Å². The van der Waals surface area contributed by atoms with Gasteiger partial charge in [0.05, 0.1) is 11.9 Å². The van der Waals surface area contributed by atoms with Crippen molar-refractivity contribution in [2.45, 2.75) is 6.54 Å². The molecule has 0 saturated heterocycles. The molecule has 0 aliphatic heterocycles. The van der Waals surface area contributed by atoms with Gasteiger partial charge in [0, 0.05) is 6.54 Å². The molecule has 110 valence electrons. The summed E-state index contributed by atoms with van der Waals surface area (Å²) in [6, 6.07) is 18.9. The molecule has 5 heteroatoms. The maximum Gasteiger partial charge on any atom is 0.275 e. The van der Waals surface area contributed by atoms with Gasteiger partial charge >= 0.3 is 0 Å². The lowest BCUT2D eigenvalue weighted by atomic mass is 10.2. The number of nitrogens with one attached hydrogen (secondary N) is 1. The number of amides is 1. The van der Waals surface area contributed by atoms with E-state index in [1.807, 2.05) is 60.7 Å². The molecule has 2 aromatic carbocycles. The maximum atomic E-state index is 12.1. The van der Waals surface area contributed by atoms with Crippen LogP contribution in [0.15, 0.2) is 66.9 Å². The molecule has 0 bridgehead atoms. The largest absolute Gasteiger partial charge is 0.504 e. The second-order valence-electron chi connectivity index (χ2n) is 4.81. The molecule has 1 aromatic heterocycles. The van der Waals surface area contributed by atoms with Crippen LogP contribution in [0.5, 0.6) is 5.75 Å². The van der Waals surface area contributed by atoms with Gasteiger partial charge in [0.2, 0.25) is 0 Å². The Hall–Kier alpha value is -3.08. The second kappa shape index (κ2) is 6.13. The zero-order chi connectivity index (χ0) is 15.4. The summed E-state index contributed by atoms with van der Waals surface area (Å²) in [5.41, 5.74) is 1.78. The van der Waals surface area contributed by atoms with Gasteiger partial charge in [0.25, 0.3) is 5.91 Å². The Morgan fingerprint density at radius 3 is 2.36 bits per heavy atom. The van der Waals surface area contributed by atoms with Crippen LogP contribution in [0.3, 0.4) is 0 Å². The van der Waals surface area contributed by atoms with Gasteiger partial charge in [-0.15, -0.1) is 0 Å². The fourth-order valence-corrected chi connectivity index (χ4v) is 2.10. The van der Waals surface area contributed by atoms with E-state index in [0.717, 1.165) is 11.3 Å². The van der Waals surface area contributed by atoms with E-state index < -0.39 is 5.91 Å². The van der Waals surface area contributed by atoms with E-state index in [4.69, 9.17) is 0 Å². The Bertz CT molecular complexity index is 767. The van der Waals surface area contributed by atoms with Gasteiger partial charge in [0.1, 0.15) is 0 Å². The minimum atomic E-state index is -0.406. The molecule has 0 fully saturated rings.